The highest BCUT2D eigenvalue weighted by Crippen LogP contribution is 2.28. The van der Waals surface area contributed by atoms with Gasteiger partial charge in [0.2, 0.25) is 0 Å². The van der Waals surface area contributed by atoms with E-state index < -0.39 is 16.0 Å². The summed E-state index contributed by atoms with van der Waals surface area (Å²) >= 11 is 2.09. The van der Waals surface area contributed by atoms with E-state index in [0.29, 0.717) is 5.75 Å². The molecule has 0 aromatic heterocycles. The molecule has 0 amide bonds. The second-order valence-corrected chi connectivity index (χ2v) is 7.39. The smallest absolute Gasteiger partial charge is 0.337 e. The van der Waals surface area contributed by atoms with Gasteiger partial charge in [-0.1, -0.05) is 0 Å². The second-order valence-electron chi connectivity index (χ2n) is 4.47. The lowest BCUT2D eigenvalue weighted by Gasteiger charge is -2.13. The summed E-state index contributed by atoms with van der Waals surface area (Å²) in [5.41, 5.74) is 0.377. The van der Waals surface area contributed by atoms with Crippen molar-refractivity contribution in [1.82, 2.24) is 0 Å². The van der Waals surface area contributed by atoms with Crippen molar-refractivity contribution in [2.75, 3.05) is 18.9 Å². The number of anilines is 1. The molecule has 122 valence electrons. The van der Waals surface area contributed by atoms with Crippen LogP contribution in [0.4, 0.5) is 5.69 Å². The average Bonchev–Trinajstić information content (AvgIpc) is 2.54. The predicted molar refractivity (Wildman–Crippen MR) is 94.3 cm³/mol. The van der Waals surface area contributed by atoms with E-state index in [4.69, 9.17) is 4.74 Å². The molecular weight excluding hydrogens is 433 g/mol. The number of methoxy groups -OCH3 is 2. The summed E-state index contributed by atoms with van der Waals surface area (Å²) in [5, 5.41) is 0. The van der Waals surface area contributed by atoms with Gasteiger partial charge in [-0.25, -0.2) is 13.2 Å². The van der Waals surface area contributed by atoms with Crippen molar-refractivity contribution < 1.29 is 22.7 Å². The first kappa shape index (κ1) is 17.5. The first-order chi connectivity index (χ1) is 10.9. The highest BCUT2D eigenvalue weighted by molar-refractivity contribution is 14.1. The van der Waals surface area contributed by atoms with Gasteiger partial charge < -0.3 is 9.47 Å². The molecule has 2 rings (SSSR count). The van der Waals surface area contributed by atoms with Gasteiger partial charge in [-0.15, -0.1) is 0 Å². The Balaban J connectivity index is 2.41. The zero-order valence-corrected chi connectivity index (χ0v) is 15.3. The van der Waals surface area contributed by atoms with E-state index in [9.17, 15) is 13.2 Å². The zero-order chi connectivity index (χ0) is 17.0. The van der Waals surface area contributed by atoms with Crippen LogP contribution in [0.2, 0.25) is 0 Å². The van der Waals surface area contributed by atoms with Gasteiger partial charge in [-0.05, 0) is 65.1 Å². The molecule has 6 nitrogen and oxygen atoms in total. The number of carbonyl (C=O) groups is 1. The summed E-state index contributed by atoms with van der Waals surface area (Å²) in [6.07, 6.45) is 0. The van der Waals surface area contributed by atoms with Gasteiger partial charge in [0.05, 0.1) is 30.4 Å². The van der Waals surface area contributed by atoms with Crippen molar-refractivity contribution in [2.45, 2.75) is 4.90 Å². The van der Waals surface area contributed by atoms with E-state index in [1.54, 1.807) is 12.1 Å². The van der Waals surface area contributed by atoms with Gasteiger partial charge in [0.15, 0.2) is 0 Å². The number of sulfonamides is 1. The number of hydrogen-bond donors (Lipinski definition) is 1. The first-order valence-corrected chi connectivity index (χ1v) is 8.98. The summed E-state index contributed by atoms with van der Waals surface area (Å²) in [7, 11) is -1.13. The molecule has 0 unspecified atom stereocenters. The van der Waals surface area contributed by atoms with E-state index in [1.165, 1.54) is 44.6 Å². The number of rotatable bonds is 5. The molecular formula is C15H14INO5S. The van der Waals surface area contributed by atoms with Crippen LogP contribution in [-0.2, 0) is 14.8 Å². The quantitative estimate of drug-likeness (QED) is 0.563. The maximum absolute atomic E-state index is 12.4. The van der Waals surface area contributed by atoms with Crippen LogP contribution >= 0.6 is 22.6 Å². The van der Waals surface area contributed by atoms with Crippen molar-refractivity contribution in [1.29, 1.82) is 0 Å². The van der Waals surface area contributed by atoms with Crippen LogP contribution in [0.1, 0.15) is 10.4 Å². The molecule has 0 bridgehead atoms. The molecule has 2 aromatic carbocycles. The Morgan fingerprint density at radius 2 is 1.74 bits per heavy atom. The molecule has 1 N–H and O–H groups in total. The molecule has 0 radical (unpaired) electrons. The topological polar surface area (TPSA) is 81.7 Å². The Bertz CT molecular complexity index is 818. The lowest BCUT2D eigenvalue weighted by atomic mass is 10.2. The zero-order valence-electron chi connectivity index (χ0n) is 12.4. The molecule has 8 heteroatoms. The summed E-state index contributed by atoms with van der Waals surface area (Å²) in [4.78, 5) is 11.7. The molecule has 0 atom stereocenters. The average molecular weight is 447 g/mol. The number of carbonyl (C=O) groups excluding carboxylic acids is 1. The van der Waals surface area contributed by atoms with Crippen LogP contribution < -0.4 is 9.46 Å². The summed E-state index contributed by atoms with van der Waals surface area (Å²) < 4.78 is 38.0. The second kappa shape index (κ2) is 7.18. The van der Waals surface area contributed by atoms with Crippen LogP contribution in [0.3, 0.4) is 0 Å². The maximum Gasteiger partial charge on any atom is 0.337 e. The van der Waals surface area contributed by atoms with Crippen LogP contribution in [0.25, 0.3) is 0 Å². The van der Waals surface area contributed by atoms with Gasteiger partial charge in [0.1, 0.15) is 5.75 Å². The standard InChI is InChI=1S/C15H14INO5S/c1-21-14-8-3-10(15(18)22-2)9-13(14)17-23(19,20)12-6-4-11(16)5-7-12/h3-9,17H,1-2H3. The van der Waals surface area contributed by atoms with E-state index in [2.05, 4.69) is 32.0 Å². The van der Waals surface area contributed by atoms with Crippen LogP contribution in [0, 0.1) is 3.57 Å². The SMILES string of the molecule is COC(=O)c1ccc(OC)c(NS(=O)(=O)c2ccc(I)cc2)c1. The van der Waals surface area contributed by atoms with E-state index >= 15 is 0 Å². The molecule has 0 saturated heterocycles. The molecule has 0 aliphatic heterocycles. The molecule has 23 heavy (non-hydrogen) atoms. The highest BCUT2D eigenvalue weighted by Gasteiger charge is 2.18. The molecule has 0 spiro atoms. The van der Waals surface area contributed by atoms with Crippen LogP contribution in [-0.4, -0.2) is 28.6 Å². The van der Waals surface area contributed by atoms with Crippen molar-refractivity contribution in [3.8, 4) is 5.75 Å². The van der Waals surface area contributed by atoms with E-state index in [1.807, 2.05) is 0 Å². The number of esters is 1. The minimum absolute atomic E-state index is 0.114. The number of benzene rings is 2. The normalized spacial score (nSPS) is 10.9. The largest absolute Gasteiger partial charge is 0.495 e. The van der Waals surface area contributed by atoms with Crippen molar-refractivity contribution in [3.63, 3.8) is 0 Å². The highest BCUT2D eigenvalue weighted by atomic mass is 127. The van der Waals surface area contributed by atoms with E-state index in [0.717, 1.165) is 3.57 Å². The Morgan fingerprint density at radius 1 is 1.09 bits per heavy atom. The minimum Gasteiger partial charge on any atom is -0.495 e. The Labute approximate surface area is 148 Å². The third-order valence-corrected chi connectivity index (χ3v) is 5.09. The predicted octanol–water partition coefficient (Wildman–Crippen LogP) is 2.89. The van der Waals surface area contributed by atoms with Crippen molar-refractivity contribution in [3.05, 3.63) is 51.6 Å². The Kier molecular flexibility index (Phi) is 5.47. The Hall–Kier alpha value is -1.81. The lowest BCUT2D eigenvalue weighted by Crippen LogP contribution is -2.14. The maximum atomic E-state index is 12.4. The first-order valence-electron chi connectivity index (χ1n) is 6.42. The number of ether oxygens (including phenoxy) is 2. The fourth-order valence-electron chi connectivity index (χ4n) is 1.85. The summed E-state index contributed by atoms with van der Waals surface area (Å²) in [5.74, 6) is -0.269. The third-order valence-electron chi connectivity index (χ3n) is 2.99. The molecule has 0 aliphatic carbocycles. The van der Waals surface area contributed by atoms with Crippen molar-refractivity contribution in [2.24, 2.45) is 0 Å². The monoisotopic (exact) mass is 447 g/mol. The number of nitrogens with one attached hydrogen (secondary N) is 1. The van der Waals surface area contributed by atoms with E-state index in [-0.39, 0.29) is 16.1 Å². The lowest BCUT2D eigenvalue weighted by molar-refractivity contribution is 0.0600. The minimum atomic E-state index is -3.80. The molecule has 0 fully saturated rings. The molecule has 2 aromatic rings. The summed E-state index contributed by atoms with van der Waals surface area (Å²) in [6, 6.07) is 10.7. The van der Waals surface area contributed by atoms with Gasteiger partial charge >= 0.3 is 5.97 Å². The fourth-order valence-corrected chi connectivity index (χ4v) is 3.27. The molecule has 0 saturated carbocycles. The van der Waals surface area contributed by atoms with Crippen molar-refractivity contribution >= 4 is 44.3 Å². The van der Waals surface area contributed by atoms with Crippen LogP contribution in [0.5, 0.6) is 5.75 Å². The fraction of sp³-hybridized carbons (Fsp3) is 0.133. The van der Waals surface area contributed by atoms with Gasteiger partial charge in [-0.3, -0.25) is 4.72 Å². The molecule has 0 heterocycles. The van der Waals surface area contributed by atoms with Gasteiger partial charge in [0, 0.05) is 3.57 Å². The Morgan fingerprint density at radius 3 is 2.30 bits per heavy atom. The van der Waals surface area contributed by atoms with Gasteiger partial charge in [0.25, 0.3) is 10.0 Å². The summed E-state index contributed by atoms with van der Waals surface area (Å²) in [6.45, 7) is 0. The number of halogens is 1. The third kappa shape index (κ3) is 4.14. The van der Waals surface area contributed by atoms with Gasteiger partial charge in [-0.2, -0.15) is 0 Å². The molecule has 0 aliphatic rings. The van der Waals surface area contributed by atoms with Crippen LogP contribution in [0.15, 0.2) is 47.4 Å². The number of hydrogen-bond acceptors (Lipinski definition) is 5.